The number of rotatable bonds is 5. The SMILES string of the molecule is C[Si](C)OC[C@]12CC[C@@H]3c4ccc(C(C)(C)C)cc4CC[C@H]3[C@@H]1CC(S(=O)c1ccccn1)C2=O. The Balaban J connectivity index is 1.49. The second-order valence-electron chi connectivity index (χ2n) is 12.0. The topological polar surface area (TPSA) is 56.3 Å². The number of hydrogen-bond donors (Lipinski definition) is 0. The number of aryl methyl sites for hydroxylation is 1. The van der Waals surface area contributed by atoms with E-state index in [9.17, 15) is 9.00 Å². The van der Waals surface area contributed by atoms with Crippen molar-refractivity contribution in [3.63, 3.8) is 0 Å². The number of Topliss-reactive ketones (excluding diaryl/α,β-unsaturated/α-hetero) is 1. The lowest BCUT2D eigenvalue weighted by Crippen LogP contribution is -2.48. The number of pyridine rings is 1. The molecule has 4 nitrogen and oxygen atoms in total. The summed E-state index contributed by atoms with van der Waals surface area (Å²) in [7, 11) is -2.35. The maximum absolute atomic E-state index is 14.1. The minimum absolute atomic E-state index is 0.144. The molecule has 187 valence electrons. The molecule has 3 aliphatic carbocycles. The summed E-state index contributed by atoms with van der Waals surface area (Å²) < 4.78 is 19.8. The molecule has 2 aromatic rings. The lowest BCUT2D eigenvalue weighted by atomic mass is 9.55. The van der Waals surface area contributed by atoms with Crippen molar-refractivity contribution in [2.45, 2.75) is 87.6 Å². The quantitative estimate of drug-likeness (QED) is 0.476. The van der Waals surface area contributed by atoms with Crippen LogP contribution in [0.4, 0.5) is 0 Å². The molecule has 6 atom stereocenters. The van der Waals surface area contributed by atoms with Crippen molar-refractivity contribution < 1.29 is 13.4 Å². The summed E-state index contributed by atoms with van der Waals surface area (Å²) in [5, 5.41) is 0.0443. The van der Waals surface area contributed by atoms with Gasteiger partial charge in [0.2, 0.25) is 9.04 Å². The number of hydrogen-bond acceptors (Lipinski definition) is 4. The van der Waals surface area contributed by atoms with Crippen LogP contribution in [0.1, 0.15) is 69.1 Å². The van der Waals surface area contributed by atoms with Gasteiger partial charge in [-0.3, -0.25) is 9.00 Å². The second kappa shape index (κ2) is 9.35. The Bertz CT molecular complexity index is 1130. The van der Waals surface area contributed by atoms with Crippen LogP contribution in [0.2, 0.25) is 13.1 Å². The summed E-state index contributed by atoms with van der Waals surface area (Å²) in [6, 6.07) is 12.6. The predicted octanol–water partition coefficient (Wildman–Crippen LogP) is 5.84. The van der Waals surface area contributed by atoms with Gasteiger partial charge in [0.1, 0.15) is 10.3 Å². The first-order valence-electron chi connectivity index (χ1n) is 13.0. The fraction of sp³-hybridized carbons (Fsp3) is 0.586. The Kier molecular flexibility index (Phi) is 6.69. The van der Waals surface area contributed by atoms with Crippen LogP contribution in [0.15, 0.2) is 47.6 Å². The van der Waals surface area contributed by atoms with Crippen LogP contribution in [0.3, 0.4) is 0 Å². The molecule has 35 heavy (non-hydrogen) atoms. The van der Waals surface area contributed by atoms with E-state index in [1.807, 2.05) is 12.1 Å². The van der Waals surface area contributed by atoms with E-state index in [0.717, 1.165) is 25.7 Å². The zero-order valence-electron chi connectivity index (χ0n) is 21.7. The molecule has 1 aromatic carbocycles. The van der Waals surface area contributed by atoms with E-state index in [-0.39, 0.29) is 17.1 Å². The predicted molar refractivity (Wildman–Crippen MR) is 142 cm³/mol. The van der Waals surface area contributed by atoms with Gasteiger partial charge < -0.3 is 4.43 Å². The molecular weight excluding hydrogens is 470 g/mol. The van der Waals surface area contributed by atoms with Crippen LogP contribution < -0.4 is 0 Å². The number of benzene rings is 1. The molecule has 3 aliphatic rings. The Labute approximate surface area is 214 Å². The largest absolute Gasteiger partial charge is 0.416 e. The molecular formula is C29H38NO3SSi. The van der Waals surface area contributed by atoms with E-state index >= 15 is 0 Å². The first kappa shape index (κ1) is 25.0. The van der Waals surface area contributed by atoms with Gasteiger partial charge >= 0.3 is 0 Å². The number of aromatic nitrogens is 1. The van der Waals surface area contributed by atoms with Crippen LogP contribution in [0, 0.1) is 17.3 Å². The molecule has 0 amide bonds. The molecule has 6 heteroatoms. The Morgan fingerprint density at radius 1 is 1.17 bits per heavy atom. The summed E-state index contributed by atoms with van der Waals surface area (Å²) >= 11 is 0. The highest BCUT2D eigenvalue weighted by atomic mass is 32.2. The number of carbonyl (C=O) groups excluding carboxylic acids is 1. The zero-order valence-corrected chi connectivity index (χ0v) is 23.5. The van der Waals surface area contributed by atoms with Crippen molar-refractivity contribution in [3.05, 3.63) is 59.3 Å². The number of nitrogens with zero attached hydrogens (tertiary/aromatic N) is 1. The van der Waals surface area contributed by atoms with Gasteiger partial charge in [-0.15, -0.1) is 0 Å². The zero-order chi connectivity index (χ0) is 25.0. The number of ketones is 1. The van der Waals surface area contributed by atoms with Gasteiger partial charge in [0, 0.05) is 12.8 Å². The fourth-order valence-corrected chi connectivity index (χ4v) is 8.97. The first-order chi connectivity index (χ1) is 16.6. The van der Waals surface area contributed by atoms with Crippen LogP contribution in [0.25, 0.3) is 0 Å². The molecule has 2 saturated carbocycles. The van der Waals surface area contributed by atoms with Crippen molar-refractivity contribution in [1.29, 1.82) is 0 Å². The van der Waals surface area contributed by atoms with Crippen molar-refractivity contribution in [2.24, 2.45) is 17.3 Å². The van der Waals surface area contributed by atoms with Crippen molar-refractivity contribution in [3.8, 4) is 0 Å². The molecule has 0 aliphatic heterocycles. The van der Waals surface area contributed by atoms with Crippen molar-refractivity contribution in [2.75, 3.05) is 6.61 Å². The third-order valence-corrected chi connectivity index (χ3v) is 11.1. The summed E-state index contributed by atoms with van der Waals surface area (Å²) in [5.74, 6) is 1.32. The Morgan fingerprint density at radius 3 is 2.66 bits per heavy atom. The van der Waals surface area contributed by atoms with Crippen LogP contribution in [0.5, 0.6) is 0 Å². The van der Waals surface area contributed by atoms with E-state index in [1.54, 1.807) is 12.3 Å². The van der Waals surface area contributed by atoms with Gasteiger partial charge in [-0.25, -0.2) is 4.98 Å². The van der Waals surface area contributed by atoms with E-state index < -0.39 is 30.5 Å². The molecule has 1 radical (unpaired) electrons. The summed E-state index contributed by atoms with van der Waals surface area (Å²) in [4.78, 5) is 18.4. The molecule has 1 heterocycles. The fourth-order valence-electron chi connectivity index (χ4n) is 6.95. The normalized spacial score (nSPS) is 31.1. The lowest BCUT2D eigenvalue weighted by molar-refractivity contribution is -0.133. The molecule has 0 N–H and O–H groups in total. The minimum Gasteiger partial charge on any atom is -0.416 e. The first-order valence-corrected chi connectivity index (χ1v) is 16.7. The second-order valence-corrected chi connectivity index (χ2v) is 15.7. The van der Waals surface area contributed by atoms with Gasteiger partial charge in [0.05, 0.1) is 16.2 Å². The Morgan fingerprint density at radius 2 is 1.97 bits per heavy atom. The molecule has 2 unspecified atom stereocenters. The smallest absolute Gasteiger partial charge is 0.204 e. The monoisotopic (exact) mass is 508 g/mol. The summed E-state index contributed by atoms with van der Waals surface area (Å²) in [5.41, 5.74) is 4.02. The highest BCUT2D eigenvalue weighted by Gasteiger charge is 2.62. The van der Waals surface area contributed by atoms with Crippen LogP contribution in [-0.2, 0) is 31.9 Å². The van der Waals surface area contributed by atoms with Crippen molar-refractivity contribution in [1.82, 2.24) is 4.98 Å². The number of carbonyl (C=O) groups is 1. The van der Waals surface area contributed by atoms with Crippen molar-refractivity contribution >= 4 is 25.6 Å². The molecule has 1 aromatic heterocycles. The maximum Gasteiger partial charge on any atom is 0.204 e. The average molecular weight is 509 g/mol. The van der Waals surface area contributed by atoms with Gasteiger partial charge in [0.25, 0.3) is 0 Å². The highest BCUT2D eigenvalue weighted by Crippen LogP contribution is 2.60. The van der Waals surface area contributed by atoms with Gasteiger partial charge in [0.15, 0.2) is 5.78 Å². The van der Waals surface area contributed by atoms with Gasteiger partial charge in [-0.2, -0.15) is 0 Å². The van der Waals surface area contributed by atoms with E-state index in [2.05, 4.69) is 57.0 Å². The molecule has 2 fully saturated rings. The summed E-state index contributed by atoms with van der Waals surface area (Å²) in [6.07, 6.45) is 6.37. The standard InChI is InChI=1S/C29H38NO3SSi/c1-28(2,3)20-10-12-21-19(16-20)9-11-23-22(21)13-14-29(18-33-35(4)5)24(23)17-25(27(29)31)34(32)26-8-6-7-15-30-26/h6-8,10,12,15-16,22-25H,9,11,13-14,17-18H2,1-5H3/t22-,23-,24+,25?,29-,34?/m1/s1. The van der Waals surface area contributed by atoms with Crippen LogP contribution >= 0.6 is 0 Å². The Hall–Kier alpha value is -1.63. The lowest BCUT2D eigenvalue weighted by Gasteiger charge is -2.49. The summed E-state index contributed by atoms with van der Waals surface area (Å²) in [6.45, 7) is 11.6. The van der Waals surface area contributed by atoms with Gasteiger partial charge in [-0.1, -0.05) is 45.0 Å². The van der Waals surface area contributed by atoms with Gasteiger partial charge in [-0.05, 0) is 97.2 Å². The van der Waals surface area contributed by atoms with E-state index in [0.29, 0.717) is 29.9 Å². The molecule has 0 saturated heterocycles. The van der Waals surface area contributed by atoms with Crippen LogP contribution in [-0.4, -0.2) is 35.9 Å². The maximum atomic E-state index is 14.1. The number of fused-ring (bicyclic) bond motifs is 5. The molecule has 5 rings (SSSR count). The molecule has 0 spiro atoms. The molecule has 0 bridgehead atoms. The minimum atomic E-state index is -1.42. The van der Waals surface area contributed by atoms with E-state index in [1.165, 1.54) is 16.7 Å². The average Bonchev–Trinajstić information content (AvgIpc) is 3.14. The van der Waals surface area contributed by atoms with E-state index in [4.69, 9.17) is 4.43 Å². The highest BCUT2D eigenvalue weighted by molar-refractivity contribution is 7.86. The third kappa shape index (κ3) is 4.40. The third-order valence-electron chi connectivity index (χ3n) is 8.77.